The van der Waals surface area contributed by atoms with Gasteiger partial charge < -0.3 is 25.8 Å². The van der Waals surface area contributed by atoms with Crippen LogP contribution in [0.25, 0.3) is 0 Å². The number of hydrogen-bond donors (Lipinski definition) is 4. The summed E-state index contributed by atoms with van der Waals surface area (Å²) in [5.41, 5.74) is 6.48. The SMILES string of the molecule is COC1C(CN2O[C@@H](CN)C(C(C)O)[C@H]2C(=O)N[C@H]2C[C@H]3C[C@@H]([C@@H]2C)C3(C)C)CCCC1C1CC(C(=O)NS(C)(=O)=O)CC(N(C)C)C1. The highest BCUT2D eigenvalue weighted by atomic mass is 32.2. The number of ether oxygens (including phenoxy) is 1. The van der Waals surface area contributed by atoms with Crippen LogP contribution in [0.4, 0.5) is 0 Å². The van der Waals surface area contributed by atoms with Crippen LogP contribution < -0.4 is 15.8 Å². The van der Waals surface area contributed by atoms with Gasteiger partial charge in [0.25, 0.3) is 0 Å². The number of hydroxylamine groups is 2. The van der Waals surface area contributed by atoms with Crippen molar-refractivity contribution >= 4 is 21.8 Å². The molecule has 0 spiro atoms. The van der Waals surface area contributed by atoms with Crippen molar-refractivity contribution in [3.05, 3.63) is 0 Å². The number of carbonyl (C=O) groups excluding carboxylic acids is 2. The Morgan fingerprint density at radius 3 is 2.40 bits per heavy atom. The largest absolute Gasteiger partial charge is 0.393 e. The fraction of sp³-hybridized carbons (Fsp3) is 0.943. The number of nitrogens with one attached hydrogen (secondary N) is 2. The molecule has 1 aliphatic heterocycles. The molecule has 276 valence electrons. The summed E-state index contributed by atoms with van der Waals surface area (Å²) in [6.45, 7) is 9.34. The first-order valence-electron chi connectivity index (χ1n) is 18.3. The summed E-state index contributed by atoms with van der Waals surface area (Å²) in [6.07, 6.45) is 6.75. The van der Waals surface area contributed by atoms with Gasteiger partial charge in [0.2, 0.25) is 21.8 Å². The highest BCUT2D eigenvalue weighted by molar-refractivity contribution is 7.89. The number of sulfonamides is 1. The van der Waals surface area contributed by atoms with Gasteiger partial charge in [-0.15, -0.1) is 0 Å². The minimum Gasteiger partial charge on any atom is -0.393 e. The molecule has 0 aromatic heterocycles. The Kier molecular flexibility index (Phi) is 11.6. The second-order valence-corrected chi connectivity index (χ2v) is 18.6. The number of rotatable bonds is 11. The van der Waals surface area contributed by atoms with Crippen LogP contribution in [0.5, 0.6) is 0 Å². The minimum absolute atomic E-state index is 0.0558. The number of aliphatic hydroxyl groups excluding tert-OH is 1. The van der Waals surface area contributed by atoms with Crippen LogP contribution in [0.3, 0.4) is 0 Å². The molecule has 0 radical (unpaired) electrons. The Balaban J connectivity index is 1.33. The number of nitrogens with zero attached hydrogens (tertiary/aromatic N) is 2. The van der Waals surface area contributed by atoms with Crippen LogP contribution in [0, 0.1) is 52.8 Å². The highest BCUT2D eigenvalue weighted by Crippen LogP contribution is 2.61. The van der Waals surface area contributed by atoms with Crippen molar-refractivity contribution in [1.82, 2.24) is 20.0 Å². The lowest BCUT2D eigenvalue weighted by atomic mass is 9.45. The first-order chi connectivity index (χ1) is 22.5. The number of nitrogens with two attached hydrogens (primary N) is 1. The number of fused-ring (bicyclic) bond motifs is 2. The van der Waals surface area contributed by atoms with Crippen LogP contribution in [-0.4, -0.2) is 112 Å². The van der Waals surface area contributed by atoms with Crippen molar-refractivity contribution in [2.75, 3.05) is 40.6 Å². The smallest absolute Gasteiger partial charge is 0.240 e. The Morgan fingerprint density at radius 2 is 1.83 bits per heavy atom. The first-order valence-corrected chi connectivity index (χ1v) is 20.2. The van der Waals surface area contributed by atoms with Gasteiger partial charge >= 0.3 is 0 Å². The molecule has 2 amide bonds. The molecule has 5 saturated carbocycles. The van der Waals surface area contributed by atoms with Crippen molar-refractivity contribution in [3.8, 4) is 0 Å². The lowest BCUT2D eigenvalue weighted by molar-refractivity contribution is -0.186. The number of methoxy groups -OCH3 is 1. The van der Waals surface area contributed by atoms with E-state index >= 15 is 0 Å². The van der Waals surface area contributed by atoms with E-state index in [0.29, 0.717) is 42.6 Å². The van der Waals surface area contributed by atoms with Crippen molar-refractivity contribution < 1.29 is 32.7 Å². The van der Waals surface area contributed by atoms with Crippen LogP contribution in [0.1, 0.15) is 79.1 Å². The van der Waals surface area contributed by atoms with E-state index in [9.17, 15) is 23.1 Å². The van der Waals surface area contributed by atoms with E-state index in [-0.39, 0.29) is 48.4 Å². The summed E-state index contributed by atoms with van der Waals surface area (Å²) in [5, 5.41) is 16.2. The lowest BCUT2D eigenvalue weighted by Crippen LogP contribution is -2.62. The Morgan fingerprint density at radius 1 is 1.12 bits per heavy atom. The molecule has 1 saturated heterocycles. The number of carbonyl (C=O) groups is 2. The monoisotopic (exact) mass is 697 g/mol. The third-order valence-corrected chi connectivity index (χ3v) is 14.1. The van der Waals surface area contributed by atoms with Crippen molar-refractivity contribution in [1.29, 1.82) is 0 Å². The molecular weight excluding hydrogens is 634 g/mol. The zero-order valence-corrected chi connectivity index (χ0v) is 31.2. The summed E-state index contributed by atoms with van der Waals surface area (Å²) in [7, 11) is 2.10. The third kappa shape index (κ3) is 7.62. The van der Waals surface area contributed by atoms with Gasteiger partial charge in [0.15, 0.2) is 0 Å². The molecule has 6 aliphatic rings. The summed E-state index contributed by atoms with van der Waals surface area (Å²) in [5.74, 6) is 0.552. The van der Waals surface area contributed by atoms with Crippen molar-refractivity contribution in [3.63, 3.8) is 0 Å². The van der Waals surface area contributed by atoms with Crippen LogP contribution in [0.15, 0.2) is 0 Å². The molecule has 1 heterocycles. The van der Waals surface area contributed by atoms with E-state index in [1.165, 1.54) is 6.42 Å². The molecule has 48 heavy (non-hydrogen) atoms. The molecule has 2 bridgehead atoms. The van der Waals surface area contributed by atoms with E-state index in [0.717, 1.165) is 38.4 Å². The van der Waals surface area contributed by atoms with Gasteiger partial charge in [0, 0.05) is 50.0 Å². The number of hydrogen-bond acceptors (Lipinski definition) is 10. The summed E-state index contributed by atoms with van der Waals surface area (Å²) < 4.78 is 32.3. The summed E-state index contributed by atoms with van der Waals surface area (Å²) in [6, 6.07) is -0.438. The summed E-state index contributed by atoms with van der Waals surface area (Å²) in [4.78, 5) is 35.9. The van der Waals surface area contributed by atoms with Crippen LogP contribution in [-0.2, 0) is 29.2 Å². The molecule has 5 N–H and O–H groups in total. The van der Waals surface area contributed by atoms with E-state index < -0.39 is 46.0 Å². The van der Waals surface area contributed by atoms with Crippen LogP contribution >= 0.6 is 0 Å². The molecule has 6 rings (SSSR count). The zero-order valence-electron chi connectivity index (χ0n) is 30.4. The molecule has 8 unspecified atom stereocenters. The maximum absolute atomic E-state index is 14.2. The molecule has 6 fully saturated rings. The van der Waals surface area contributed by atoms with E-state index in [4.69, 9.17) is 15.3 Å². The summed E-state index contributed by atoms with van der Waals surface area (Å²) >= 11 is 0. The van der Waals surface area contributed by atoms with Gasteiger partial charge in [0.1, 0.15) is 6.04 Å². The van der Waals surface area contributed by atoms with E-state index in [1.807, 2.05) is 14.1 Å². The quantitative estimate of drug-likeness (QED) is 0.251. The maximum atomic E-state index is 14.2. The Bertz CT molecular complexity index is 1260. The van der Waals surface area contributed by atoms with Crippen molar-refractivity contribution in [2.24, 2.45) is 58.5 Å². The Labute approximate surface area is 288 Å². The van der Waals surface area contributed by atoms with Gasteiger partial charge in [0.05, 0.1) is 24.6 Å². The van der Waals surface area contributed by atoms with Crippen LogP contribution in [0.2, 0.25) is 0 Å². The maximum Gasteiger partial charge on any atom is 0.240 e. The second kappa shape index (κ2) is 14.7. The minimum atomic E-state index is -3.66. The molecule has 0 aromatic rings. The number of amides is 2. The fourth-order valence-corrected chi connectivity index (χ4v) is 11.3. The van der Waals surface area contributed by atoms with Gasteiger partial charge in [-0.25, -0.2) is 8.42 Å². The predicted octanol–water partition coefficient (Wildman–Crippen LogP) is 1.97. The molecule has 13 heteroatoms. The molecule has 14 atom stereocenters. The first kappa shape index (κ1) is 37.9. The topological polar surface area (TPSA) is 164 Å². The standard InChI is InChI=1S/C35H63N5O7S/c1-19-27-15-24(35(27,3)4)16-28(19)37-34(43)31-30(20(2)41)29(17-36)47-40(31)18-21-10-9-11-26(32(21)46-7)22-12-23(14-25(13-22)39(5)6)33(42)38-48(8,44)45/h19-32,41H,9-18,36H2,1-8H3,(H,37,43)(H,38,42)/t19-,20?,21?,22?,23?,24+,25?,26?,27-,28-,29-,30?,31-,32?/m0/s1. The molecule has 0 aromatic carbocycles. The lowest BCUT2D eigenvalue weighted by Gasteiger charge is -2.62. The number of aliphatic hydroxyl groups is 1. The van der Waals surface area contributed by atoms with E-state index in [1.54, 1.807) is 19.1 Å². The molecule has 12 nitrogen and oxygen atoms in total. The van der Waals surface area contributed by atoms with Gasteiger partial charge in [-0.3, -0.25) is 19.1 Å². The molecular formula is C35H63N5O7S. The zero-order chi connectivity index (χ0) is 35.3. The van der Waals surface area contributed by atoms with E-state index in [2.05, 4.69) is 35.7 Å². The fourth-order valence-electron chi connectivity index (χ4n) is 10.7. The average Bonchev–Trinajstić information content (AvgIpc) is 3.39. The van der Waals surface area contributed by atoms with Crippen molar-refractivity contribution in [2.45, 2.75) is 115 Å². The molecule has 5 aliphatic carbocycles. The van der Waals surface area contributed by atoms with Gasteiger partial charge in [-0.1, -0.05) is 27.2 Å². The van der Waals surface area contributed by atoms with Gasteiger partial charge in [-0.05, 0) is 101 Å². The Hall–Kier alpha value is -1.35. The predicted molar refractivity (Wildman–Crippen MR) is 184 cm³/mol. The third-order valence-electron chi connectivity index (χ3n) is 13.5. The average molecular weight is 698 g/mol. The second-order valence-electron chi connectivity index (χ2n) is 16.9. The highest BCUT2D eigenvalue weighted by Gasteiger charge is 2.58. The normalized spacial score (nSPS) is 42.2. The van der Waals surface area contributed by atoms with Gasteiger partial charge in [-0.2, -0.15) is 5.06 Å².